The van der Waals surface area contributed by atoms with Crippen molar-refractivity contribution < 1.29 is 4.79 Å². The van der Waals surface area contributed by atoms with Crippen LogP contribution in [0.1, 0.15) is 82.5 Å². The van der Waals surface area contributed by atoms with Crippen molar-refractivity contribution in [3.8, 4) is 0 Å². The summed E-state index contributed by atoms with van der Waals surface area (Å²) in [7, 11) is 3.55. The molecule has 5 rings (SSSR count). The van der Waals surface area contributed by atoms with E-state index in [2.05, 4.69) is 62.1 Å². The number of aromatic nitrogens is 4. The Hall–Kier alpha value is -3.52. The number of rotatable bonds is 7. The zero-order valence-electron chi connectivity index (χ0n) is 21.8. The summed E-state index contributed by atoms with van der Waals surface area (Å²) in [5.41, 5.74) is 13.6. The summed E-state index contributed by atoms with van der Waals surface area (Å²) in [6.45, 7) is 4.18. The molecule has 0 aliphatic heterocycles. The lowest BCUT2D eigenvalue weighted by atomic mass is 9.65. The Morgan fingerprint density at radius 3 is 2.30 bits per heavy atom. The quantitative estimate of drug-likeness (QED) is 0.395. The molecular weight excluding hydrogens is 462 g/mol. The normalized spacial score (nSPS) is 20.3. The summed E-state index contributed by atoms with van der Waals surface area (Å²) in [5, 5.41) is 21.6. The molecule has 1 amide bonds. The Kier molecular flexibility index (Phi) is 7.11. The van der Waals surface area contributed by atoms with E-state index in [-0.39, 0.29) is 11.9 Å². The average Bonchev–Trinajstić information content (AvgIpc) is 3.45. The van der Waals surface area contributed by atoms with Gasteiger partial charge in [0.25, 0.3) is 5.91 Å². The summed E-state index contributed by atoms with van der Waals surface area (Å²) < 4.78 is 0. The highest BCUT2D eigenvalue weighted by molar-refractivity contribution is 5.94. The van der Waals surface area contributed by atoms with Gasteiger partial charge in [-0.05, 0) is 94.5 Å². The van der Waals surface area contributed by atoms with Gasteiger partial charge >= 0.3 is 0 Å². The van der Waals surface area contributed by atoms with Crippen LogP contribution in [0.2, 0.25) is 0 Å². The molecule has 1 saturated carbocycles. The third kappa shape index (κ3) is 4.55. The van der Waals surface area contributed by atoms with E-state index in [1.807, 2.05) is 19.2 Å². The highest BCUT2D eigenvalue weighted by Gasteiger charge is 2.46. The minimum Gasteiger partial charge on any atom is -0.388 e. The zero-order chi connectivity index (χ0) is 26.0. The third-order valence-corrected chi connectivity index (χ3v) is 8.48. The molecule has 0 saturated heterocycles. The van der Waals surface area contributed by atoms with Crippen LogP contribution in [-0.2, 0) is 18.3 Å². The van der Waals surface area contributed by atoms with E-state index in [1.54, 1.807) is 7.05 Å². The fourth-order valence-electron chi connectivity index (χ4n) is 6.46. The van der Waals surface area contributed by atoms with Crippen molar-refractivity contribution >= 4 is 11.6 Å². The third-order valence-electron chi connectivity index (χ3n) is 8.48. The van der Waals surface area contributed by atoms with Crippen LogP contribution in [-0.4, -0.2) is 46.7 Å². The van der Waals surface area contributed by atoms with Crippen LogP contribution in [0.4, 0.5) is 0 Å². The summed E-state index contributed by atoms with van der Waals surface area (Å²) in [4.78, 5) is 12.5. The first-order valence-corrected chi connectivity index (χ1v) is 13.3. The van der Waals surface area contributed by atoms with Gasteiger partial charge in [-0.3, -0.25) is 4.79 Å². The second-order valence-electron chi connectivity index (χ2n) is 10.5. The number of amides is 1. The Labute approximate surface area is 218 Å². The number of nitrogens with two attached hydrogens (primary N) is 1. The fourth-order valence-corrected chi connectivity index (χ4v) is 6.46. The van der Waals surface area contributed by atoms with E-state index >= 15 is 0 Å². The number of carbonyl (C=O) groups excluding carboxylic acids is 1. The minimum absolute atomic E-state index is 0.0187. The van der Waals surface area contributed by atoms with Gasteiger partial charge in [0.15, 0.2) is 5.82 Å². The standard InChI is InChI=1S/C29H37N7O/c1-18(31-2)20-11-13-24-21(15-20)9-10-22-16-23(27(37)32-3)12-14-25(22)29(24,28-33-35-36-34-28)17-26(30)19-7-5-4-6-8-19/h11-16,19,26,31H,1,4-10,17,30H2,2-3H3,(H,32,37)(H,33,34,35,36)/t26-,29?/m1/s1. The number of nitrogens with zero attached hydrogens (tertiary/aromatic N) is 3. The van der Waals surface area contributed by atoms with Crippen LogP contribution in [0.3, 0.4) is 0 Å². The number of nitrogens with one attached hydrogen (secondary N) is 3. The van der Waals surface area contributed by atoms with Gasteiger partial charge in [0, 0.05) is 31.4 Å². The first-order valence-electron chi connectivity index (χ1n) is 13.3. The molecule has 5 N–H and O–H groups in total. The monoisotopic (exact) mass is 499 g/mol. The largest absolute Gasteiger partial charge is 0.388 e. The molecule has 2 aliphatic carbocycles. The minimum atomic E-state index is -0.664. The molecule has 2 aromatic carbocycles. The lowest BCUT2D eigenvalue weighted by Gasteiger charge is -2.39. The maximum atomic E-state index is 12.5. The van der Waals surface area contributed by atoms with Crippen LogP contribution in [0.15, 0.2) is 43.0 Å². The average molecular weight is 500 g/mol. The topological polar surface area (TPSA) is 122 Å². The number of fused-ring (bicyclic) bond motifs is 2. The summed E-state index contributed by atoms with van der Waals surface area (Å²) in [5.74, 6) is 1.06. The number of hydrogen-bond donors (Lipinski definition) is 4. The number of aryl methyl sites for hydroxylation is 2. The van der Waals surface area contributed by atoms with Crippen molar-refractivity contribution in [2.45, 2.75) is 62.8 Å². The number of benzene rings is 2. The molecule has 0 spiro atoms. The van der Waals surface area contributed by atoms with Crippen molar-refractivity contribution in [2.24, 2.45) is 11.7 Å². The Morgan fingerprint density at radius 2 is 1.70 bits per heavy atom. The van der Waals surface area contributed by atoms with Gasteiger partial charge in [0.1, 0.15) is 0 Å². The molecule has 3 aromatic rings. The van der Waals surface area contributed by atoms with Crippen molar-refractivity contribution in [3.63, 3.8) is 0 Å². The number of carbonyl (C=O) groups is 1. The molecule has 37 heavy (non-hydrogen) atoms. The zero-order valence-corrected chi connectivity index (χ0v) is 21.8. The van der Waals surface area contributed by atoms with Gasteiger partial charge in [-0.25, -0.2) is 5.10 Å². The Morgan fingerprint density at radius 1 is 1.05 bits per heavy atom. The summed E-state index contributed by atoms with van der Waals surface area (Å²) >= 11 is 0. The van der Waals surface area contributed by atoms with Crippen molar-refractivity contribution in [1.82, 2.24) is 31.3 Å². The van der Waals surface area contributed by atoms with Gasteiger partial charge in [-0.15, -0.1) is 5.10 Å². The molecule has 8 nitrogen and oxygen atoms in total. The van der Waals surface area contributed by atoms with E-state index < -0.39 is 5.41 Å². The fraction of sp³-hybridized carbons (Fsp3) is 0.448. The molecule has 194 valence electrons. The molecule has 1 aromatic heterocycles. The van der Waals surface area contributed by atoms with Crippen molar-refractivity contribution in [3.05, 3.63) is 82.2 Å². The van der Waals surface area contributed by atoms with Gasteiger partial charge < -0.3 is 16.4 Å². The summed E-state index contributed by atoms with van der Waals surface area (Å²) in [6, 6.07) is 12.5. The van der Waals surface area contributed by atoms with E-state index in [4.69, 9.17) is 5.73 Å². The second kappa shape index (κ2) is 10.5. The molecule has 0 radical (unpaired) electrons. The van der Waals surface area contributed by atoms with Crippen LogP contribution in [0.5, 0.6) is 0 Å². The summed E-state index contributed by atoms with van der Waals surface area (Å²) in [6.07, 6.45) is 8.36. The van der Waals surface area contributed by atoms with Crippen LogP contribution in [0, 0.1) is 5.92 Å². The molecule has 2 atom stereocenters. The van der Waals surface area contributed by atoms with Gasteiger partial charge in [0.2, 0.25) is 0 Å². The highest BCUT2D eigenvalue weighted by Crippen LogP contribution is 2.48. The van der Waals surface area contributed by atoms with E-state index in [0.717, 1.165) is 53.6 Å². The lowest BCUT2D eigenvalue weighted by molar-refractivity contribution is 0.0963. The van der Waals surface area contributed by atoms with Crippen LogP contribution >= 0.6 is 0 Å². The number of tetrazole rings is 1. The molecule has 0 bridgehead atoms. The predicted molar refractivity (Wildman–Crippen MR) is 145 cm³/mol. The smallest absolute Gasteiger partial charge is 0.251 e. The molecular formula is C29H37N7O. The highest BCUT2D eigenvalue weighted by atomic mass is 16.1. The maximum absolute atomic E-state index is 12.5. The first kappa shape index (κ1) is 25.1. The number of aromatic amines is 1. The predicted octanol–water partition coefficient (Wildman–Crippen LogP) is 3.48. The van der Waals surface area contributed by atoms with Crippen molar-refractivity contribution in [2.75, 3.05) is 14.1 Å². The van der Waals surface area contributed by atoms with E-state index in [9.17, 15) is 4.79 Å². The van der Waals surface area contributed by atoms with Crippen LogP contribution in [0.25, 0.3) is 5.70 Å². The lowest BCUT2D eigenvalue weighted by Crippen LogP contribution is -2.43. The molecule has 1 fully saturated rings. The Bertz CT molecular complexity index is 1210. The number of hydrogen-bond acceptors (Lipinski definition) is 6. The van der Waals surface area contributed by atoms with E-state index in [0.29, 0.717) is 23.7 Å². The Balaban J connectivity index is 1.74. The maximum Gasteiger partial charge on any atom is 0.251 e. The SMILES string of the molecule is C=C(NC)c1ccc2c(c1)CCc1cc(C(=O)NC)ccc1C2(C[C@@H](N)C1CCCCC1)c1nnn[nH]1. The van der Waals surface area contributed by atoms with Crippen molar-refractivity contribution in [1.29, 1.82) is 0 Å². The second-order valence-corrected chi connectivity index (χ2v) is 10.5. The molecule has 2 aliphatic rings. The van der Waals surface area contributed by atoms with Gasteiger partial charge in [-0.2, -0.15) is 0 Å². The van der Waals surface area contributed by atoms with Crippen LogP contribution < -0.4 is 16.4 Å². The molecule has 1 heterocycles. The molecule has 1 unspecified atom stereocenters. The number of H-pyrrole nitrogens is 1. The van der Waals surface area contributed by atoms with E-state index in [1.165, 1.54) is 24.8 Å². The molecule has 8 heteroatoms. The van der Waals surface area contributed by atoms with Gasteiger partial charge in [0.05, 0.1) is 5.41 Å². The van der Waals surface area contributed by atoms with Gasteiger partial charge in [-0.1, -0.05) is 44.0 Å². The first-order chi connectivity index (χ1) is 18.0.